The van der Waals surface area contributed by atoms with E-state index in [0.29, 0.717) is 18.5 Å². The van der Waals surface area contributed by atoms with Crippen molar-refractivity contribution in [1.82, 2.24) is 19.6 Å². The Kier molecular flexibility index (Phi) is 5.65. The standard InChI is InChI=1S/C28H33N5O3/c1-27(2,3)16-28(4,5)31-24-23(29-21-8-6-7-13-32(21)24)17-9-10-19-18(14-17)15-33(26(19)36)20-11-12-22(34)30-25(20)35/h6-10,13-14,20,31H,11-12,15-16H2,1-5H3,(H,30,34,35). The molecule has 0 aliphatic carbocycles. The van der Waals surface area contributed by atoms with Gasteiger partial charge in [-0.05, 0) is 61.9 Å². The zero-order valence-electron chi connectivity index (χ0n) is 21.5. The molecule has 5 rings (SSSR count). The van der Waals surface area contributed by atoms with Crippen LogP contribution in [0, 0.1) is 5.41 Å². The summed E-state index contributed by atoms with van der Waals surface area (Å²) in [6.45, 7) is 11.4. The van der Waals surface area contributed by atoms with Crippen LogP contribution in [0.15, 0.2) is 42.6 Å². The maximum Gasteiger partial charge on any atom is 0.255 e. The summed E-state index contributed by atoms with van der Waals surface area (Å²) in [5.41, 5.74) is 3.97. The molecule has 8 heteroatoms. The Morgan fingerprint density at radius 2 is 1.86 bits per heavy atom. The van der Waals surface area contributed by atoms with Gasteiger partial charge >= 0.3 is 0 Å². The first-order chi connectivity index (χ1) is 16.9. The van der Waals surface area contributed by atoms with E-state index in [9.17, 15) is 14.4 Å². The Labute approximate surface area is 211 Å². The quantitative estimate of drug-likeness (QED) is 0.521. The number of benzene rings is 1. The van der Waals surface area contributed by atoms with Crippen molar-refractivity contribution >= 4 is 29.2 Å². The van der Waals surface area contributed by atoms with Gasteiger partial charge in [-0.2, -0.15) is 0 Å². The number of carbonyl (C=O) groups is 3. The van der Waals surface area contributed by atoms with Crippen molar-refractivity contribution in [3.05, 3.63) is 53.7 Å². The number of anilines is 1. The van der Waals surface area contributed by atoms with Crippen molar-refractivity contribution in [2.24, 2.45) is 5.41 Å². The lowest BCUT2D eigenvalue weighted by atomic mass is 9.82. The Bertz CT molecular complexity index is 1380. The Hall–Kier alpha value is -3.68. The van der Waals surface area contributed by atoms with Crippen molar-refractivity contribution < 1.29 is 14.4 Å². The smallest absolute Gasteiger partial charge is 0.255 e. The van der Waals surface area contributed by atoms with E-state index in [2.05, 4.69) is 49.7 Å². The lowest BCUT2D eigenvalue weighted by molar-refractivity contribution is -0.136. The lowest BCUT2D eigenvalue weighted by Crippen LogP contribution is -2.52. The average molecular weight is 488 g/mol. The number of piperidine rings is 1. The summed E-state index contributed by atoms with van der Waals surface area (Å²) in [5, 5.41) is 6.11. The number of carbonyl (C=O) groups excluding carboxylic acids is 3. The number of pyridine rings is 1. The molecule has 8 nitrogen and oxygen atoms in total. The number of hydrogen-bond acceptors (Lipinski definition) is 5. The number of amides is 3. The fourth-order valence-electron chi connectivity index (χ4n) is 5.73. The number of hydrogen-bond donors (Lipinski definition) is 2. The van der Waals surface area contributed by atoms with Gasteiger partial charge in [-0.3, -0.25) is 24.1 Å². The number of imide groups is 1. The van der Waals surface area contributed by atoms with Gasteiger partial charge in [-0.1, -0.05) is 32.9 Å². The summed E-state index contributed by atoms with van der Waals surface area (Å²) in [7, 11) is 0. The van der Waals surface area contributed by atoms with Gasteiger partial charge in [0.1, 0.15) is 23.2 Å². The number of fused-ring (bicyclic) bond motifs is 2. The van der Waals surface area contributed by atoms with Crippen LogP contribution in [0.1, 0.15) is 69.8 Å². The highest BCUT2D eigenvalue weighted by Crippen LogP contribution is 2.37. The first-order valence-electron chi connectivity index (χ1n) is 12.5. The van der Waals surface area contributed by atoms with Crippen LogP contribution in [-0.2, 0) is 16.1 Å². The van der Waals surface area contributed by atoms with Gasteiger partial charge in [0.2, 0.25) is 11.8 Å². The van der Waals surface area contributed by atoms with Crippen molar-refractivity contribution in [1.29, 1.82) is 0 Å². The van der Waals surface area contributed by atoms with E-state index in [1.165, 1.54) is 0 Å². The predicted molar refractivity (Wildman–Crippen MR) is 138 cm³/mol. The van der Waals surface area contributed by atoms with E-state index in [-0.39, 0.29) is 29.2 Å². The second-order valence-corrected chi connectivity index (χ2v) is 11.8. The number of imidazole rings is 1. The Morgan fingerprint density at radius 1 is 1.08 bits per heavy atom. The molecule has 0 bridgehead atoms. The molecule has 3 aromatic rings. The van der Waals surface area contributed by atoms with Gasteiger partial charge < -0.3 is 10.2 Å². The van der Waals surface area contributed by atoms with Crippen LogP contribution in [-0.4, -0.2) is 43.6 Å². The number of aromatic nitrogens is 2. The topological polar surface area (TPSA) is 95.8 Å². The van der Waals surface area contributed by atoms with Gasteiger partial charge in [0.15, 0.2) is 0 Å². The third-order valence-corrected chi connectivity index (χ3v) is 6.76. The van der Waals surface area contributed by atoms with Gasteiger partial charge in [0, 0.05) is 35.8 Å². The van der Waals surface area contributed by atoms with Crippen LogP contribution in [0.3, 0.4) is 0 Å². The van der Waals surface area contributed by atoms with E-state index in [4.69, 9.17) is 4.98 Å². The highest BCUT2D eigenvalue weighted by atomic mass is 16.2. The Morgan fingerprint density at radius 3 is 2.58 bits per heavy atom. The van der Waals surface area contributed by atoms with Crippen LogP contribution in [0.4, 0.5) is 5.82 Å². The molecular weight excluding hydrogens is 454 g/mol. The first kappa shape index (κ1) is 24.0. The predicted octanol–water partition coefficient (Wildman–Crippen LogP) is 4.39. The minimum absolute atomic E-state index is 0.143. The second kappa shape index (κ2) is 8.47. The summed E-state index contributed by atoms with van der Waals surface area (Å²) in [6.07, 6.45) is 3.55. The monoisotopic (exact) mass is 487 g/mol. The second-order valence-electron chi connectivity index (χ2n) is 11.8. The molecule has 2 aliphatic rings. The molecular formula is C28H33N5O3. The van der Waals surface area contributed by atoms with Crippen LogP contribution < -0.4 is 10.6 Å². The average Bonchev–Trinajstić information content (AvgIpc) is 3.29. The minimum Gasteiger partial charge on any atom is -0.364 e. The maximum atomic E-state index is 13.1. The minimum atomic E-state index is -0.628. The first-order valence-corrected chi connectivity index (χ1v) is 12.5. The summed E-state index contributed by atoms with van der Waals surface area (Å²) >= 11 is 0. The molecule has 0 radical (unpaired) electrons. The largest absolute Gasteiger partial charge is 0.364 e. The van der Waals surface area contributed by atoms with Crippen LogP contribution in [0.2, 0.25) is 0 Å². The SMILES string of the molecule is CC(C)(C)CC(C)(C)Nc1c(-c2ccc3c(c2)CN(C2CCC(=O)NC2=O)C3=O)nc2ccccn12. The molecule has 1 unspecified atom stereocenters. The fraction of sp³-hybridized carbons (Fsp3) is 0.429. The number of nitrogens with zero attached hydrogens (tertiary/aromatic N) is 3. The third-order valence-electron chi connectivity index (χ3n) is 6.76. The molecule has 36 heavy (non-hydrogen) atoms. The van der Waals surface area contributed by atoms with E-state index in [0.717, 1.165) is 34.7 Å². The summed E-state index contributed by atoms with van der Waals surface area (Å²) in [4.78, 5) is 43.6. The maximum absolute atomic E-state index is 13.1. The molecule has 4 heterocycles. The number of rotatable bonds is 5. The molecule has 0 spiro atoms. The molecule has 1 atom stereocenters. The number of nitrogens with one attached hydrogen (secondary N) is 2. The lowest BCUT2D eigenvalue weighted by Gasteiger charge is -2.34. The fourth-order valence-corrected chi connectivity index (χ4v) is 5.73. The summed E-state index contributed by atoms with van der Waals surface area (Å²) < 4.78 is 2.06. The van der Waals surface area contributed by atoms with Gasteiger partial charge in [0.25, 0.3) is 5.91 Å². The van der Waals surface area contributed by atoms with Crippen molar-refractivity contribution in [3.63, 3.8) is 0 Å². The summed E-state index contributed by atoms with van der Waals surface area (Å²) in [6, 6.07) is 11.1. The highest BCUT2D eigenvalue weighted by Gasteiger charge is 2.39. The van der Waals surface area contributed by atoms with E-state index in [1.807, 2.05) is 42.6 Å². The van der Waals surface area contributed by atoms with Crippen LogP contribution >= 0.6 is 0 Å². The van der Waals surface area contributed by atoms with Crippen LogP contribution in [0.5, 0.6) is 0 Å². The van der Waals surface area contributed by atoms with E-state index in [1.54, 1.807) is 4.90 Å². The van der Waals surface area contributed by atoms with Crippen molar-refractivity contribution in [2.45, 2.75) is 72.0 Å². The van der Waals surface area contributed by atoms with Crippen LogP contribution in [0.25, 0.3) is 16.9 Å². The van der Waals surface area contributed by atoms with Gasteiger partial charge in [0.05, 0.1) is 0 Å². The summed E-state index contributed by atoms with van der Waals surface area (Å²) in [5.74, 6) is 0.0429. The molecule has 2 N–H and O–H groups in total. The molecule has 1 saturated heterocycles. The molecule has 2 aliphatic heterocycles. The normalized spacial score (nSPS) is 18.5. The highest BCUT2D eigenvalue weighted by molar-refractivity contribution is 6.05. The molecule has 3 amide bonds. The van der Waals surface area contributed by atoms with Gasteiger partial charge in [-0.25, -0.2) is 4.98 Å². The van der Waals surface area contributed by atoms with E-state index < -0.39 is 11.9 Å². The molecule has 188 valence electrons. The zero-order valence-corrected chi connectivity index (χ0v) is 21.5. The van der Waals surface area contributed by atoms with E-state index >= 15 is 0 Å². The van der Waals surface area contributed by atoms with Gasteiger partial charge in [-0.15, -0.1) is 0 Å². The van der Waals surface area contributed by atoms with Crippen molar-refractivity contribution in [3.8, 4) is 11.3 Å². The molecule has 2 aromatic heterocycles. The zero-order chi connectivity index (χ0) is 25.8. The third kappa shape index (κ3) is 4.47. The molecule has 1 aromatic carbocycles. The Balaban J connectivity index is 1.50. The molecule has 1 fully saturated rings. The molecule has 0 saturated carbocycles. The van der Waals surface area contributed by atoms with Crippen molar-refractivity contribution in [2.75, 3.05) is 5.32 Å².